The maximum absolute atomic E-state index is 10.5. The van der Waals surface area contributed by atoms with E-state index in [1.165, 1.54) is 0 Å². The third-order valence-corrected chi connectivity index (χ3v) is 2.73. The van der Waals surface area contributed by atoms with Crippen LogP contribution in [0.3, 0.4) is 0 Å². The smallest absolute Gasteiger partial charge is 1.00 e. The number of carbonyl (C=O) groups is 1. The van der Waals surface area contributed by atoms with E-state index in [0.717, 1.165) is 12.8 Å². The molecular formula is C11H23N2NaO2. The number of piperidine rings is 1. The SMILES string of the molecule is CC1(C)CC(NCC(=O)O)CC(C)(C)N1.[H-].[Na+]. The molecule has 0 atom stereocenters. The van der Waals surface area contributed by atoms with Crippen LogP contribution in [0.5, 0.6) is 0 Å². The molecule has 3 N–H and O–H groups in total. The molecule has 1 heterocycles. The van der Waals surface area contributed by atoms with Gasteiger partial charge in [-0.3, -0.25) is 4.79 Å². The van der Waals surface area contributed by atoms with Gasteiger partial charge in [0.2, 0.25) is 0 Å². The minimum Gasteiger partial charge on any atom is -1.00 e. The average Bonchev–Trinajstić information content (AvgIpc) is 1.94. The Hall–Kier alpha value is 0.390. The molecule has 0 radical (unpaired) electrons. The predicted molar refractivity (Wildman–Crippen MR) is 61.1 cm³/mol. The van der Waals surface area contributed by atoms with Crippen LogP contribution in [0.15, 0.2) is 0 Å². The van der Waals surface area contributed by atoms with Crippen molar-refractivity contribution in [2.45, 2.75) is 57.7 Å². The zero-order chi connectivity index (χ0) is 11.7. The summed E-state index contributed by atoms with van der Waals surface area (Å²) < 4.78 is 0. The van der Waals surface area contributed by atoms with Crippen molar-refractivity contribution in [2.24, 2.45) is 0 Å². The summed E-state index contributed by atoms with van der Waals surface area (Å²) in [6.45, 7) is 8.68. The Balaban J connectivity index is 0. The van der Waals surface area contributed by atoms with Gasteiger partial charge in [-0.25, -0.2) is 0 Å². The summed E-state index contributed by atoms with van der Waals surface area (Å²) in [5, 5.41) is 15.3. The van der Waals surface area contributed by atoms with E-state index >= 15 is 0 Å². The second-order valence-corrected chi connectivity index (χ2v) is 5.77. The van der Waals surface area contributed by atoms with Gasteiger partial charge in [0.1, 0.15) is 0 Å². The van der Waals surface area contributed by atoms with E-state index in [9.17, 15) is 4.79 Å². The van der Waals surface area contributed by atoms with Crippen molar-refractivity contribution in [3.63, 3.8) is 0 Å². The van der Waals surface area contributed by atoms with Crippen molar-refractivity contribution < 1.29 is 40.9 Å². The summed E-state index contributed by atoms with van der Waals surface area (Å²) in [6, 6.07) is 0.285. The second-order valence-electron chi connectivity index (χ2n) is 5.77. The quantitative estimate of drug-likeness (QED) is 0.502. The van der Waals surface area contributed by atoms with Gasteiger partial charge in [-0.15, -0.1) is 0 Å². The number of aliphatic carboxylic acids is 1. The fourth-order valence-corrected chi connectivity index (χ4v) is 2.70. The van der Waals surface area contributed by atoms with Gasteiger partial charge in [0.15, 0.2) is 0 Å². The van der Waals surface area contributed by atoms with Gasteiger partial charge in [0.05, 0.1) is 6.54 Å². The second kappa shape index (κ2) is 5.83. The molecule has 0 amide bonds. The molecule has 0 aromatic rings. The van der Waals surface area contributed by atoms with Gasteiger partial charge < -0.3 is 17.2 Å². The molecule has 0 spiro atoms. The molecule has 0 aliphatic carbocycles. The number of hydrogen-bond acceptors (Lipinski definition) is 3. The number of carboxylic acid groups (broad SMARTS) is 1. The maximum Gasteiger partial charge on any atom is 1.00 e. The Labute approximate surface area is 121 Å². The first-order valence-electron chi connectivity index (χ1n) is 5.45. The van der Waals surface area contributed by atoms with E-state index < -0.39 is 5.97 Å². The number of nitrogens with one attached hydrogen (secondary N) is 2. The van der Waals surface area contributed by atoms with Crippen LogP contribution in [-0.4, -0.2) is 34.7 Å². The molecule has 0 unspecified atom stereocenters. The zero-order valence-corrected chi connectivity index (χ0v) is 13.1. The molecule has 90 valence electrons. The van der Waals surface area contributed by atoms with Crippen molar-refractivity contribution in [1.82, 2.24) is 10.6 Å². The topological polar surface area (TPSA) is 61.4 Å². The van der Waals surface area contributed by atoms with Crippen molar-refractivity contribution in [1.29, 1.82) is 0 Å². The van der Waals surface area contributed by atoms with Crippen molar-refractivity contribution in [3.8, 4) is 0 Å². The van der Waals surface area contributed by atoms with Gasteiger partial charge >= 0.3 is 35.5 Å². The molecular weight excluding hydrogens is 215 g/mol. The molecule has 5 heteroatoms. The van der Waals surface area contributed by atoms with Crippen molar-refractivity contribution in [3.05, 3.63) is 0 Å². The Bertz CT molecular complexity index is 244. The van der Waals surface area contributed by atoms with Crippen molar-refractivity contribution >= 4 is 5.97 Å². The molecule has 1 aliphatic heterocycles. The van der Waals surface area contributed by atoms with E-state index in [0.29, 0.717) is 0 Å². The van der Waals surface area contributed by atoms with Crippen LogP contribution in [0.2, 0.25) is 0 Å². The van der Waals surface area contributed by atoms with Crippen LogP contribution in [0, 0.1) is 0 Å². The van der Waals surface area contributed by atoms with Gasteiger partial charge in [-0.2, -0.15) is 0 Å². The third kappa shape index (κ3) is 5.64. The Morgan fingerprint density at radius 1 is 1.38 bits per heavy atom. The first-order valence-corrected chi connectivity index (χ1v) is 5.45. The monoisotopic (exact) mass is 238 g/mol. The van der Waals surface area contributed by atoms with Gasteiger partial charge in [-0.1, -0.05) is 0 Å². The van der Waals surface area contributed by atoms with Crippen molar-refractivity contribution in [2.75, 3.05) is 6.54 Å². The molecule has 16 heavy (non-hydrogen) atoms. The van der Waals surface area contributed by atoms with Gasteiger partial charge in [-0.05, 0) is 40.5 Å². The van der Waals surface area contributed by atoms with E-state index in [4.69, 9.17) is 5.11 Å². The molecule has 0 aromatic heterocycles. The summed E-state index contributed by atoms with van der Waals surface area (Å²) in [5.41, 5.74) is 0.135. The predicted octanol–water partition coefficient (Wildman–Crippen LogP) is -1.91. The molecule has 1 saturated heterocycles. The van der Waals surface area contributed by atoms with Crippen LogP contribution in [0.1, 0.15) is 42.0 Å². The molecule has 0 aromatic carbocycles. The number of hydrogen-bond donors (Lipinski definition) is 3. The average molecular weight is 238 g/mol. The maximum atomic E-state index is 10.5. The molecule has 1 fully saturated rings. The first kappa shape index (κ1) is 16.4. The van der Waals surface area contributed by atoms with Crippen LogP contribution in [-0.2, 0) is 4.79 Å². The summed E-state index contributed by atoms with van der Waals surface area (Å²) in [7, 11) is 0. The molecule has 0 saturated carbocycles. The van der Waals surface area contributed by atoms with Gasteiger partial charge in [0, 0.05) is 17.1 Å². The third-order valence-electron chi connectivity index (χ3n) is 2.73. The first-order chi connectivity index (χ1) is 6.70. The van der Waals surface area contributed by atoms with Crippen LogP contribution in [0.25, 0.3) is 0 Å². The van der Waals surface area contributed by atoms with E-state index in [-0.39, 0.29) is 54.6 Å². The van der Waals surface area contributed by atoms with E-state index in [1.54, 1.807) is 0 Å². The van der Waals surface area contributed by atoms with E-state index in [1.807, 2.05) is 0 Å². The minimum absolute atomic E-state index is 0. The summed E-state index contributed by atoms with van der Waals surface area (Å²) in [4.78, 5) is 10.5. The zero-order valence-electron chi connectivity index (χ0n) is 12.1. The van der Waals surface area contributed by atoms with Crippen LogP contribution < -0.4 is 40.2 Å². The Morgan fingerprint density at radius 3 is 2.19 bits per heavy atom. The minimum atomic E-state index is -0.788. The van der Waals surface area contributed by atoms with Crippen LogP contribution >= 0.6 is 0 Å². The normalized spacial score (nSPS) is 23.5. The Kier molecular flexibility index (Phi) is 5.97. The molecule has 4 nitrogen and oxygen atoms in total. The summed E-state index contributed by atoms with van der Waals surface area (Å²) in [6.07, 6.45) is 1.92. The molecule has 0 bridgehead atoms. The Morgan fingerprint density at radius 2 is 1.81 bits per heavy atom. The summed E-state index contributed by atoms with van der Waals surface area (Å²) in [5.74, 6) is -0.788. The fourth-order valence-electron chi connectivity index (χ4n) is 2.70. The number of rotatable bonds is 3. The summed E-state index contributed by atoms with van der Waals surface area (Å²) >= 11 is 0. The molecule has 1 rings (SSSR count). The largest absolute Gasteiger partial charge is 1.00 e. The van der Waals surface area contributed by atoms with Crippen LogP contribution in [0.4, 0.5) is 0 Å². The fraction of sp³-hybridized carbons (Fsp3) is 0.909. The number of carboxylic acids is 1. The standard InChI is InChI=1S/C11H22N2O2.Na.H/c1-10(2)5-8(12-7-9(14)15)6-11(3,4)13-10;;/h8,12-13H,5-7H2,1-4H3,(H,14,15);;/q;+1;-1. The van der Waals surface area contributed by atoms with Gasteiger partial charge in [0.25, 0.3) is 0 Å². The van der Waals surface area contributed by atoms with E-state index in [2.05, 4.69) is 38.3 Å². The molecule has 1 aliphatic rings.